The maximum atomic E-state index is 13.1. The summed E-state index contributed by atoms with van der Waals surface area (Å²) in [7, 11) is 0. The average Bonchev–Trinajstić information content (AvgIpc) is 3.16. The predicted octanol–water partition coefficient (Wildman–Crippen LogP) is 3.11. The summed E-state index contributed by atoms with van der Waals surface area (Å²) in [6, 6.07) is 2.84. The van der Waals surface area contributed by atoms with E-state index in [2.05, 4.69) is 10.4 Å². The van der Waals surface area contributed by atoms with E-state index in [0.29, 0.717) is 12.8 Å². The van der Waals surface area contributed by atoms with E-state index >= 15 is 0 Å². The summed E-state index contributed by atoms with van der Waals surface area (Å²) < 4.78 is 40.5. The number of hydrogen-bond donors (Lipinski definition) is 2. The molecule has 5 nitrogen and oxygen atoms in total. The van der Waals surface area contributed by atoms with Crippen molar-refractivity contribution in [2.45, 2.75) is 38.4 Å². The quantitative estimate of drug-likeness (QED) is 0.848. The number of carbonyl (C=O) groups is 1. The van der Waals surface area contributed by atoms with Gasteiger partial charge in [-0.05, 0) is 44.4 Å². The Kier molecular flexibility index (Phi) is 4.98. The van der Waals surface area contributed by atoms with Crippen molar-refractivity contribution in [2.75, 3.05) is 6.54 Å². The van der Waals surface area contributed by atoms with Crippen LogP contribution in [0.4, 0.5) is 13.2 Å². The molecule has 2 aromatic rings. The van der Waals surface area contributed by atoms with E-state index in [1.165, 1.54) is 10.7 Å². The molecule has 1 amide bonds. The minimum atomic E-state index is -4.49. The molecule has 1 aliphatic rings. The Hall–Kier alpha value is -2.06. The second kappa shape index (κ2) is 6.92. The highest BCUT2D eigenvalue weighted by Crippen LogP contribution is 2.35. The largest absolute Gasteiger partial charge is 0.416 e. The lowest BCUT2D eigenvalue weighted by molar-refractivity contribution is -0.137. The molecule has 140 valence electrons. The highest BCUT2D eigenvalue weighted by Gasteiger charge is 2.33. The summed E-state index contributed by atoms with van der Waals surface area (Å²) in [4.78, 5) is 12.5. The predicted molar refractivity (Wildman–Crippen MR) is 91.6 cm³/mol. The fraction of sp³-hybridized carbons (Fsp3) is 0.412. The normalized spacial score (nSPS) is 15.0. The van der Waals surface area contributed by atoms with Crippen LogP contribution in [0.5, 0.6) is 0 Å². The van der Waals surface area contributed by atoms with E-state index in [9.17, 15) is 18.0 Å². The first-order valence-corrected chi connectivity index (χ1v) is 8.59. The topological polar surface area (TPSA) is 72.9 Å². The summed E-state index contributed by atoms with van der Waals surface area (Å²) in [6.45, 7) is 2.03. The molecule has 1 aliphatic carbocycles. The second-order valence-electron chi connectivity index (χ2n) is 6.31. The number of fused-ring (bicyclic) bond motifs is 1. The van der Waals surface area contributed by atoms with E-state index < -0.39 is 11.7 Å². The number of nitrogens with two attached hydrogens (primary N) is 1. The van der Waals surface area contributed by atoms with Gasteiger partial charge in [0.15, 0.2) is 5.69 Å². The van der Waals surface area contributed by atoms with E-state index in [-0.39, 0.29) is 34.9 Å². The van der Waals surface area contributed by atoms with Crippen molar-refractivity contribution in [1.29, 1.82) is 0 Å². The zero-order valence-corrected chi connectivity index (χ0v) is 14.8. The van der Waals surface area contributed by atoms with Crippen LogP contribution >= 0.6 is 11.6 Å². The molecule has 1 atom stereocenters. The van der Waals surface area contributed by atoms with Crippen LogP contribution in [-0.2, 0) is 19.0 Å². The highest BCUT2D eigenvalue weighted by atomic mass is 35.5. The monoisotopic (exact) mass is 386 g/mol. The number of alkyl halides is 3. The lowest BCUT2D eigenvalue weighted by Gasteiger charge is -2.12. The Morgan fingerprint density at radius 1 is 1.42 bits per heavy atom. The van der Waals surface area contributed by atoms with E-state index in [4.69, 9.17) is 17.3 Å². The van der Waals surface area contributed by atoms with Crippen LogP contribution in [0.3, 0.4) is 0 Å². The molecular weight excluding hydrogens is 369 g/mol. The highest BCUT2D eigenvalue weighted by molar-refractivity contribution is 6.32. The fourth-order valence-electron chi connectivity index (χ4n) is 3.02. The molecular formula is C17H18ClF3N4O. The van der Waals surface area contributed by atoms with Gasteiger partial charge in [0.2, 0.25) is 0 Å². The number of nitrogens with zero attached hydrogens (tertiary/aromatic N) is 2. The van der Waals surface area contributed by atoms with Crippen LogP contribution in [0.2, 0.25) is 5.02 Å². The van der Waals surface area contributed by atoms with Crippen molar-refractivity contribution in [3.05, 3.63) is 45.7 Å². The van der Waals surface area contributed by atoms with Crippen LogP contribution < -0.4 is 11.1 Å². The molecule has 1 aromatic heterocycles. The number of hydrogen-bond acceptors (Lipinski definition) is 3. The number of amides is 1. The van der Waals surface area contributed by atoms with Gasteiger partial charge in [-0.25, -0.2) is 4.68 Å². The zero-order chi connectivity index (χ0) is 19.1. The average molecular weight is 387 g/mol. The Bertz CT molecular complexity index is 847. The molecule has 0 bridgehead atoms. The number of aromatic nitrogens is 2. The standard InChI is InChI=1S/C17H18ClF3N4O/c1-9(8-22)23-16(26)15-11-3-2-4-13(11)25(24-15)14-7-10(17(19,20)21)5-6-12(14)18/h5-7,9H,2-4,8,22H2,1H3,(H,23,26)/t9-/m0/s1. The third-order valence-corrected chi connectivity index (χ3v) is 4.70. The van der Waals surface area contributed by atoms with Gasteiger partial charge in [0.1, 0.15) is 0 Å². The summed E-state index contributed by atoms with van der Waals surface area (Å²) in [5, 5.41) is 7.16. The number of nitrogens with one attached hydrogen (secondary N) is 1. The van der Waals surface area contributed by atoms with Crippen LogP contribution in [0.1, 0.15) is 40.7 Å². The number of carbonyl (C=O) groups excluding carboxylic acids is 1. The molecule has 0 saturated heterocycles. The molecule has 0 spiro atoms. The smallest absolute Gasteiger partial charge is 0.347 e. The minimum Gasteiger partial charge on any atom is -0.347 e. The van der Waals surface area contributed by atoms with E-state index in [1.807, 2.05) is 0 Å². The van der Waals surface area contributed by atoms with E-state index in [0.717, 1.165) is 29.8 Å². The first-order chi connectivity index (χ1) is 12.2. The van der Waals surface area contributed by atoms with Crippen molar-refractivity contribution >= 4 is 17.5 Å². The fourth-order valence-corrected chi connectivity index (χ4v) is 3.22. The first kappa shape index (κ1) is 18.7. The summed E-state index contributed by atoms with van der Waals surface area (Å²) >= 11 is 6.13. The second-order valence-corrected chi connectivity index (χ2v) is 6.72. The van der Waals surface area contributed by atoms with Crippen molar-refractivity contribution in [1.82, 2.24) is 15.1 Å². The molecule has 3 rings (SSSR count). The van der Waals surface area contributed by atoms with Crippen molar-refractivity contribution in [3.8, 4) is 5.69 Å². The molecule has 9 heteroatoms. The van der Waals surface area contributed by atoms with Crippen LogP contribution in [0, 0.1) is 0 Å². The van der Waals surface area contributed by atoms with Crippen molar-refractivity contribution < 1.29 is 18.0 Å². The number of benzene rings is 1. The van der Waals surface area contributed by atoms with Crippen molar-refractivity contribution in [2.24, 2.45) is 5.73 Å². The first-order valence-electron chi connectivity index (χ1n) is 8.21. The molecule has 1 aromatic carbocycles. The summed E-state index contributed by atoms with van der Waals surface area (Å²) in [5.74, 6) is -0.386. The Morgan fingerprint density at radius 2 is 2.15 bits per heavy atom. The Morgan fingerprint density at radius 3 is 2.81 bits per heavy atom. The Balaban J connectivity index is 2.08. The lowest BCUT2D eigenvalue weighted by atomic mass is 10.1. The van der Waals surface area contributed by atoms with Crippen LogP contribution in [-0.4, -0.2) is 28.3 Å². The SMILES string of the molecule is C[C@@H](CN)NC(=O)c1nn(-c2cc(C(F)(F)F)ccc2Cl)c2c1CCC2. The Labute approximate surface area is 153 Å². The summed E-state index contributed by atoms with van der Waals surface area (Å²) in [5.41, 5.74) is 6.50. The molecule has 0 aliphatic heterocycles. The third-order valence-electron chi connectivity index (χ3n) is 4.38. The lowest BCUT2D eigenvalue weighted by Crippen LogP contribution is -2.38. The maximum absolute atomic E-state index is 13.1. The van der Waals surface area contributed by atoms with Gasteiger partial charge >= 0.3 is 6.18 Å². The van der Waals surface area contributed by atoms with Gasteiger partial charge in [0, 0.05) is 23.8 Å². The van der Waals surface area contributed by atoms with Gasteiger partial charge in [0.25, 0.3) is 5.91 Å². The minimum absolute atomic E-state index is 0.116. The summed E-state index contributed by atoms with van der Waals surface area (Å²) in [6.07, 6.45) is -2.43. The number of halogens is 4. The zero-order valence-electron chi connectivity index (χ0n) is 14.0. The third kappa shape index (κ3) is 3.43. The molecule has 3 N–H and O–H groups in total. The maximum Gasteiger partial charge on any atom is 0.416 e. The molecule has 0 unspecified atom stereocenters. The molecule has 0 saturated carbocycles. The van der Waals surface area contributed by atoms with Crippen LogP contribution in [0.15, 0.2) is 18.2 Å². The number of rotatable bonds is 4. The molecule has 1 heterocycles. The van der Waals surface area contributed by atoms with Gasteiger partial charge in [-0.3, -0.25) is 4.79 Å². The molecule has 0 fully saturated rings. The van der Waals surface area contributed by atoms with Gasteiger partial charge in [-0.2, -0.15) is 18.3 Å². The van der Waals surface area contributed by atoms with Gasteiger partial charge in [0.05, 0.1) is 16.3 Å². The van der Waals surface area contributed by atoms with Gasteiger partial charge < -0.3 is 11.1 Å². The van der Waals surface area contributed by atoms with Crippen LogP contribution in [0.25, 0.3) is 5.69 Å². The molecule has 26 heavy (non-hydrogen) atoms. The van der Waals surface area contributed by atoms with Gasteiger partial charge in [-0.15, -0.1) is 0 Å². The van der Waals surface area contributed by atoms with Gasteiger partial charge in [-0.1, -0.05) is 11.6 Å². The van der Waals surface area contributed by atoms with E-state index in [1.54, 1.807) is 6.92 Å². The van der Waals surface area contributed by atoms with Crippen molar-refractivity contribution in [3.63, 3.8) is 0 Å². The molecule has 0 radical (unpaired) electrons.